The van der Waals surface area contributed by atoms with Crippen LogP contribution in [-0.4, -0.2) is 43.6 Å². The minimum absolute atomic E-state index is 0.0232. The second kappa shape index (κ2) is 6.94. The first-order valence-corrected chi connectivity index (χ1v) is 8.10. The van der Waals surface area contributed by atoms with Crippen LogP contribution in [0.4, 0.5) is 0 Å². The van der Waals surface area contributed by atoms with Crippen LogP contribution in [0.5, 0.6) is 5.75 Å². The van der Waals surface area contributed by atoms with Gasteiger partial charge in [-0.1, -0.05) is 12.5 Å². The molecular weight excluding hydrogens is 264 g/mol. The zero-order valence-electron chi connectivity index (χ0n) is 12.6. The van der Waals surface area contributed by atoms with Crippen molar-refractivity contribution in [3.63, 3.8) is 0 Å². The quantitative estimate of drug-likeness (QED) is 0.845. The highest BCUT2D eigenvalue weighted by molar-refractivity contribution is 5.97. The fraction of sp³-hybridized carbons (Fsp3) is 0.588. The minimum atomic E-state index is 0.0232. The predicted molar refractivity (Wildman–Crippen MR) is 82.9 cm³/mol. The number of carbonyl (C=O) groups is 1. The lowest BCUT2D eigenvalue weighted by atomic mass is 9.99. The Bertz CT molecular complexity index is 496. The van der Waals surface area contributed by atoms with Crippen molar-refractivity contribution in [1.29, 1.82) is 0 Å². The minimum Gasteiger partial charge on any atom is -0.493 e. The highest BCUT2D eigenvalue weighted by Crippen LogP contribution is 2.25. The summed E-state index contributed by atoms with van der Waals surface area (Å²) in [5.74, 6) is 0.913. The van der Waals surface area contributed by atoms with Crippen molar-refractivity contribution in [2.45, 2.75) is 32.1 Å². The number of hydrogen-bond donors (Lipinski definition) is 1. The first-order valence-electron chi connectivity index (χ1n) is 8.10. The van der Waals surface area contributed by atoms with E-state index >= 15 is 0 Å². The van der Waals surface area contributed by atoms with Gasteiger partial charge < -0.3 is 15.0 Å². The van der Waals surface area contributed by atoms with E-state index < -0.39 is 0 Å². The molecule has 0 aromatic heterocycles. The summed E-state index contributed by atoms with van der Waals surface area (Å²) in [7, 11) is 0. The van der Waals surface area contributed by atoms with Gasteiger partial charge in [0.05, 0.1) is 6.61 Å². The highest BCUT2D eigenvalue weighted by Gasteiger charge is 2.19. The SMILES string of the molecule is O=C1NCCc2c(OCCCN3CCCCC3)cccc21. The van der Waals surface area contributed by atoms with Crippen LogP contribution in [0.15, 0.2) is 18.2 Å². The maximum absolute atomic E-state index is 11.8. The average molecular weight is 288 g/mol. The van der Waals surface area contributed by atoms with E-state index in [1.165, 1.54) is 32.4 Å². The van der Waals surface area contributed by atoms with E-state index in [1.54, 1.807) is 0 Å². The van der Waals surface area contributed by atoms with Crippen molar-refractivity contribution < 1.29 is 9.53 Å². The van der Waals surface area contributed by atoms with Gasteiger partial charge in [0.25, 0.3) is 5.91 Å². The Kier molecular flexibility index (Phi) is 4.76. The van der Waals surface area contributed by atoms with Crippen molar-refractivity contribution in [1.82, 2.24) is 10.2 Å². The van der Waals surface area contributed by atoms with E-state index in [1.807, 2.05) is 18.2 Å². The predicted octanol–water partition coefficient (Wildman–Crippen LogP) is 2.23. The number of hydrogen-bond acceptors (Lipinski definition) is 3. The molecule has 0 spiro atoms. The van der Waals surface area contributed by atoms with Gasteiger partial charge in [0.1, 0.15) is 5.75 Å². The molecule has 4 heteroatoms. The molecule has 1 fully saturated rings. The number of ether oxygens (including phenoxy) is 1. The van der Waals surface area contributed by atoms with Gasteiger partial charge in [-0.3, -0.25) is 4.79 Å². The van der Waals surface area contributed by atoms with Crippen molar-refractivity contribution in [3.8, 4) is 5.75 Å². The fourth-order valence-corrected chi connectivity index (χ4v) is 3.22. The molecule has 0 unspecified atom stereocenters. The average Bonchev–Trinajstić information content (AvgIpc) is 2.53. The molecule has 0 aliphatic carbocycles. The molecule has 21 heavy (non-hydrogen) atoms. The number of nitrogens with zero attached hydrogens (tertiary/aromatic N) is 1. The van der Waals surface area contributed by atoms with Crippen LogP contribution in [0.1, 0.15) is 41.6 Å². The molecule has 0 bridgehead atoms. The molecule has 1 N–H and O–H groups in total. The van der Waals surface area contributed by atoms with Crippen molar-refractivity contribution >= 4 is 5.91 Å². The third-order valence-electron chi connectivity index (χ3n) is 4.36. The molecule has 2 heterocycles. The molecule has 2 aliphatic heterocycles. The number of nitrogens with one attached hydrogen (secondary N) is 1. The summed E-state index contributed by atoms with van der Waals surface area (Å²) in [6.45, 7) is 5.03. The van der Waals surface area contributed by atoms with Crippen molar-refractivity contribution in [2.24, 2.45) is 0 Å². The molecule has 2 aliphatic rings. The molecular formula is C17H24N2O2. The van der Waals surface area contributed by atoms with E-state index in [2.05, 4.69) is 10.2 Å². The van der Waals surface area contributed by atoms with Crippen LogP contribution < -0.4 is 10.1 Å². The first kappa shape index (κ1) is 14.4. The molecule has 0 saturated carbocycles. The lowest BCUT2D eigenvalue weighted by Crippen LogP contribution is -2.32. The number of carbonyl (C=O) groups excluding carboxylic acids is 1. The maximum Gasteiger partial charge on any atom is 0.251 e. The summed E-state index contributed by atoms with van der Waals surface area (Å²) in [4.78, 5) is 14.3. The van der Waals surface area contributed by atoms with Gasteiger partial charge in [-0.15, -0.1) is 0 Å². The Morgan fingerprint density at radius 3 is 2.90 bits per heavy atom. The van der Waals surface area contributed by atoms with Crippen molar-refractivity contribution in [2.75, 3.05) is 32.8 Å². The van der Waals surface area contributed by atoms with Crippen molar-refractivity contribution in [3.05, 3.63) is 29.3 Å². The second-order valence-corrected chi connectivity index (χ2v) is 5.89. The smallest absolute Gasteiger partial charge is 0.251 e. The third kappa shape index (κ3) is 3.56. The molecule has 1 aromatic rings. The third-order valence-corrected chi connectivity index (χ3v) is 4.36. The Balaban J connectivity index is 1.51. The van der Waals surface area contributed by atoms with Gasteiger partial charge >= 0.3 is 0 Å². The Morgan fingerprint density at radius 1 is 1.19 bits per heavy atom. The largest absolute Gasteiger partial charge is 0.493 e. The summed E-state index contributed by atoms with van der Waals surface area (Å²) in [5, 5.41) is 2.87. The standard InChI is InChI=1S/C17H24N2O2/c20-17-15-6-4-7-16(14(15)8-9-18-17)21-13-5-12-19-10-2-1-3-11-19/h4,6-7H,1-3,5,8-13H2,(H,18,20). The molecule has 114 valence electrons. The van der Waals surface area contributed by atoms with Crippen LogP contribution in [0.25, 0.3) is 0 Å². The number of amides is 1. The number of benzene rings is 1. The van der Waals surface area contributed by atoms with Gasteiger partial charge in [0.2, 0.25) is 0 Å². The number of rotatable bonds is 5. The lowest BCUT2D eigenvalue weighted by Gasteiger charge is -2.26. The first-order chi connectivity index (χ1) is 10.3. The Hall–Kier alpha value is -1.55. The Morgan fingerprint density at radius 2 is 2.05 bits per heavy atom. The summed E-state index contributed by atoms with van der Waals surface area (Å²) >= 11 is 0. The van der Waals surface area contributed by atoms with Gasteiger partial charge in [0.15, 0.2) is 0 Å². The normalized spacial score (nSPS) is 19.0. The topological polar surface area (TPSA) is 41.6 Å². The second-order valence-electron chi connectivity index (χ2n) is 5.89. The van der Waals surface area contributed by atoms with E-state index in [9.17, 15) is 4.79 Å². The van der Waals surface area contributed by atoms with Gasteiger partial charge in [-0.2, -0.15) is 0 Å². The van der Waals surface area contributed by atoms with Gasteiger partial charge in [-0.05, 0) is 50.9 Å². The molecule has 1 aromatic carbocycles. The van der Waals surface area contributed by atoms with Crippen LogP contribution in [0.3, 0.4) is 0 Å². The monoisotopic (exact) mass is 288 g/mol. The molecule has 4 nitrogen and oxygen atoms in total. The number of fused-ring (bicyclic) bond motifs is 1. The number of piperidine rings is 1. The zero-order chi connectivity index (χ0) is 14.5. The fourth-order valence-electron chi connectivity index (χ4n) is 3.22. The molecule has 0 atom stereocenters. The van der Waals surface area contributed by atoms with Crippen LogP contribution >= 0.6 is 0 Å². The number of likely N-dealkylation sites (tertiary alicyclic amines) is 1. The van der Waals surface area contributed by atoms with E-state index in [-0.39, 0.29) is 5.91 Å². The lowest BCUT2D eigenvalue weighted by molar-refractivity contribution is 0.0944. The van der Waals surface area contributed by atoms with Crippen LogP contribution in [0.2, 0.25) is 0 Å². The summed E-state index contributed by atoms with van der Waals surface area (Å²) in [6, 6.07) is 5.77. The van der Waals surface area contributed by atoms with E-state index in [0.717, 1.165) is 42.9 Å². The molecule has 1 saturated heterocycles. The van der Waals surface area contributed by atoms with Gasteiger partial charge in [-0.25, -0.2) is 0 Å². The molecule has 3 rings (SSSR count). The summed E-state index contributed by atoms with van der Waals surface area (Å²) in [5.41, 5.74) is 1.84. The Labute approximate surface area is 126 Å². The molecule has 0 radical (unpaired) electrons. The zero-order valence-corrected chi connectivity index (χ0v) is 12.6. The molecule has 1 amide bonds. The van der Waals surface area contributed by atoms with E-state index in [4.69, 9.17) is 4.74 Å². The maximum atomic E-state index is 11.8. The van der Waals surface area contributed by atoms with Crippen LogP contribution in [0, 0.1) is 0 Å². The van der Waals surface area contributed by atoms with E-state index in [0.29, 0.717) is 6.54 Å². The summed E-state index contributed by atoms with van der Waals surface area (Å²) < 4.78 is 5.94. The van der Waals surface area contributed by atoms with Crippen LogP contribution in [-0.2, 0) is 6.42 Å². The summed E-state index contributed by atoms with van der Waals surface area (Å²) in [6.07, 6.45) is 5.97. The van der Waals surface area contributed by atoms with Gasteiger partial charge in [0, 0.05) is 24.2 Å². The highest BCUT2D eigenvalue weighted by atomic mass is 16.5.